The number of esters is 1. The van der Waals surface area contributed by atoms with E-state index >= 15 is 0 Å². The van der Waals surface area contributed by atoms with E-state index < -0.39 is 11.9 Å². The number of hydrogen-bond acceptors (Lipinski definition) is 10. The van der Waals surface area contributed by atoms with Gasteiger partial charge < -0.3 is 19.5 Å². The van der Waals surface area contributed by atoms with Gasteiger partial charge in [0.1, 0.15) is 0 Å². The number of carbonyl (C=O) groups excluding carboxylic acids is 1. The highest BCUT2D eigenvalue weighted by molar-refractivity contribution is 6.27. The van der Waals surface area contributed by atoms with Gasteiger partial charge in [-0.15, -0.1) is 0 Å². The molecule has 12 nitrogen and oxygen atoms in total. The van der Waals surface area contributed by atoms with Gasteiger partial charge in [0.15, 0.2) is 0 Å². The maximum absolute atomic E-state index is 11.5. The van der Waals surface area contributed by atoms with Crippen LogP contribution in [-0.2, 0) is 20.9 Å². The smallest absolute Gasteiger partial charge is 0.414 e. The van der Waals surface area contributed by atoms with Crippen LogP contribution < -0.4 is 0 Å². The van der Waals surface area contributed by atoms with Crippen LogP contribution in [0.2, 0.25) is 0 Å². The summed E-state index contributed by atoms with van der Waals surface area (Å²) in [5, 5.41) is 18.7. The third-order valence-electron chi connectivity index (χ3n) is 4.48. The standard InChI is InChI=1S/C18H17N5O3.C2H2O4/c1-25-18(24)13-5-3-12(4-6-13)9-23-10-14(11-23)17-21-16(22-26-17)15-19-7-2-8-20-15;3-1(4)2(5)6/h2-8,14H,9-11H2,1H3;(H,3,4)(H,5,6). The fourth-order valence-corrected chi connectivity index (χ4v) is 2.88. The molecule has 3 heterocycles. The van der Waals surface area contributed by atoms with Crippen molar-refractivity contribution in [3.8, 4) is 11.6 Å². The monoisotopic (exact) mass is 441 g/mol. The van der Waals surface area contributed by atoms with E-state index in [1.165, 1.54) is 7.11 Å². The Morgan fingerprint density at radius 1 is 1.06 bits per heavy atom. The van der Waals surface area contributed by atoms with E-state index in [0.717, 1.165) is 25.2 Å². The average molecular weight is 441 g/mol. The van der Waals surface area contributed by atoms with Gasteiger partial charge in [-0.3, -0.25) is 4.90 Å². The van der Waals surface area contributed by atoms with Crippen LogP contribution in [-0.4, -0.2) is 73.3 Å². The molecule has 2 N–H and O–H groups in total. The van der Waals surface area contributed by atoms with Gasteiger partial charge in [0.2, 0.25) is 17.5 Å². The van der Waals surface area contributed by atoms with Crippen LogP contribution in [0.3, 0.4) is 0 Å². The highest BCUT2D eigenvalue weighted by atomic mass is 16.5. The normalized spacial score (nSPS) is 13.4. The Balaban J connectivity index is 0.000000427. The SMILES string of the molecule is COC(=O)c1ccc(CN2CC(c3nc(-c4ncccn4)no3)C2)cc1.O=C(O)C(=O)O. The second kappa shape index (κ2) is 10.2. The lowest BCUT2D eigenvalue weighted by Gasteiger charge is -2.37. The van der Waals surface area contributed by atoms with Gasteiger partial charge in [0.25, 0.3) is 0 Å². The second-order valence-electron chi connectivity index (χ2n) is 6.72. The summed E-state index contributed by atoms with van der Waals surface area (Å²) in [6.45, 7) is 2.49. The lowest BCUT2D eigenvalue weighted by molar-refractivity contribution is -0.159. The minimum absolute atomic E-state index is 0.217. The molecule has 166 valence electrons. The third-order valence-corrected chi connectivity index (χ3v) is 4.48. The van der Waals surface area contributed by atoms with Gasteiger partial charge in [-0.25, -0.2) is 24.4 Å². The molecule has 32 heavy (non-hydrogen) atoms. The van der Waals surface area contributed by atoms with Crippen LogP contribution in [0, 0.1) is 0 Å². The van der Waals surface area contributed by atoms with Gasteiger partial charge in [-0.05, 0) is 23.8 Å². The summed E-state index contributed by atoms with van der Waals surface area (Å²) < 4.78 is 10.1. The summed E-state index contributed by atoms with van der Waals surface area (Å²) in [4.78, 5) is 44.6. The van der Waals surface area contributed by atoms with Crippen molar-refractivity contribution in [1.29, 1.82) is 0 Å². The van der Waals surface area contributed by atoms with Gasteiger partial charge in [0.05, 0.1) is 18.6 Å². The summed E-state index contributed by atoms with van der Waals surface area (Å²) in [5.74, 6) is -2.26. The van der Waals surface area contributed by atoms with Crippen LogP contribution in [0.1, 0.15) is 27.7 Å². The van der Waals surface area contributed by atoms with E-state index in [9.17, 15) is 4.79 Å². The second-order valence-corrected chi connectivity index (χ2v) is 6.72. The Bertz CT molecular complexity index is 1070. The van der Waals surface area contributed by atoms with Crippen molar-refractivity contribution in [3.63, 3.8) is 0 Å². The van der Waals surface area contributed by atoms with Gasteiger partial charge in [0, 0.05) is 32.0 Å². The molecule has 2 aromatic heterocycles. The van der Waals surface area contributed by atoms with E-state index in [1.807, 2.05) is 12.1 Å². The van der Waals surface area contributed by atoms with Crippen molar-refractivity contribution in [2.45, 2.75) is 12.5 Å². The first-order chi connectivity index (χ1) is 15.4. The van der Waals surface area contributed by atoms with E-state index in [1.54, 1.807) is 30.6 Å². The number of rotatable bonds is 5. The van der Waals surface area contributed by atoms with Crippen molar-refractivity contribution in [2.24, 2.45) is 0 Å². The lowest BCUT2D eigenvalue weighted by atomic mass is 9.99. The quantitative estimate of drug-likeness (QED) is 0.427. The number of ether oxygens (including phenoxy) is 1. The molecule has 1 aromatic carbocycles. The minimum Gasteiger partial charge on any atom is -0.473 e. The zero-order chi connectivity index (χ0) is 23.1. The largest absolute Gasteiger partial charge is 0.473 e. The van der Waals surface area contributed by atoms with E-state index in [0.29, 0.717) is 23.1 Å². The third kappa shape index (κ3) is 5.70. The maximum atomic E-state index is 11.5. The topological polar surface area (TPSA) is 169 Å². The molecule has 0 saturated carbocycles. The summed E-state index contributed by atoms with van der Waals surface area (Å²) >= 11 is 0. The van der Waals surface area contributed by atoms with Crippen molar-refractivity contribution < 1.29 is 33.9 Å². The molecule has 0 atom stereocenters. The molecule has 0 unspecified atom stereocenters. The molecule has 0 bridgehead atoms. The Hall–Kier alpha value is -4.19. The number of benzene rings is 1. The molecular weight excluding hydrogens is 422 g/mol. The highest BCUT2D eigenvalue weighted by Crippen LogP contribution is 2.28. The number of carboxylic acid groups (broad SMARTS) is 2. The van der Waals surface area contributed by atoms with E-state index in [2.05, 4.69) is 25.0 Å². The number of likely N-dealkylation sites (tertiary alicyclic amines) is 1. The Kier molecular flexibility index (Phi) is 7.18. The molecular formula is C20H19N5O7. The van der Waals surface area contributed by atoms with Crippen molar-refractivity contribution in [1.82, 2.24) is 25.0 Å². The summed E-state index contributed by atoms with van der Waals surface area (Å²) in [7, 11) is 1.38. The summed E-state index contributed by atoms with van der Waals surface area (Å²) in [6.07, 6.45) is 3.30. The molecule has 0 amide bonds. The number of carboxylic acids is 2. The summed E-state index contributed by atoms with van der Waals surface area (Å²) in [5.41, 5.74) is 1.69. The lowest BCUT2D eigenvalue weighted by Crippen LogP contribution is -2.44. The average Bonchev–Trinajstić information content (AvgIpc) is 3.26. The molecule has 1 fully saturated rings. The molecule has 1 aliphatic heterocycles. The molecule has 12 heteroatoms. The van der Waals surface area contributed by atoms with Crippen LogP contribution in [0.5, 0.6) is 0 Å². The molecule has 0 aliphatic carbocycles. The van der Waals surface area contributed by atoms with Crippen LogP contribution in [0.25, 0.3) is 11.6 Å². The predicted octanol–water partition coefficient (Wildman–Crippen LogP) is 1.07. The highest BCUT2D eigenvalue weighted by Gasteiger charge is 2.32. The zero-order valence-corrected chi connectivity index (χ0v) is 16.9. The van der Waals surface area contributed by atoms with Crippen LogP contribution in [0.15, 0.2) is 47.2 Å². The molecule has 1 aliphatic rings. The first-order valence-corrected chi connectivity index (χ1v) is 9.34. The fraction of sp³-hybridized carbons (Fsp3) is 0.250. The predicted molar refractivity (Wildman–Crippen MR) is 106 cm³/mol. The van der Waals surface area contributed by atoms with Gasteiger partial charge in [-0.2, -0.15) is 4.98 Å². The molecule has 1 saturated heterocycles. The van der Waals surface area contributed by atoms with Crippen molar-refractivity contribution in [2.75, 3.05) is 20.2 Å². The first-order valence-electron chi connectivity index (χ1n) is 9.34. The van der Waals surface area contributed by atoms with E-state index in [4.69, 9.17) is 29.1 Å². The van der Waals surface area contributed by atoms with Crippen LogP contribution in [0.4, 0.5) is 0 Å². The van der Waals surface area contributed by atoms with Crippen molar-refractivity contribution >= 4 is 17.9 Å². The van der Waals surface area contributed by atoms with Gasteiger partial charge >= 0.3 is 17.9 Å². The maximum Gasteiger partial charge on any atom is 0.414 e. The molecule has 3 aromatic rings. The number of carbonyl (C=O) groups is 3. The van der Waals surface area contributed by atoms with Crippen LogP contribution >= 0.6 is 0 Å². The minimum atomic E-state index is -1.82. The zero-order valence-electron chi connectivity index (χ0n) is 16.9. The molecule has 0 spiro atoms. The fourth-order valence-electron chi connectivity index (χ4n) is 2.88. The Labute approximate surface area is 181 Å². The number of hydrogen-bond donors (Lipinski definition) is 2. The molecule has 0 radical (unpaired) electrons. The van der Waals surface area contributed by atoms with Gasteiger partial charge in [-0.1, -0.05) is 17.3 Å². The molecule has 4 rings (SSSR count). The number of nitrogens with zero attached hydrogens (tertiary/aromatic N) is 5. The number of aliphatic carboxylic acids is 2. The first kappa shape index (κ1) is 22.5. The summed E-state index contributed by atoms with van der Waals surface area (Å²) in [6, 6.07) is 9.19. The number of methoxy groups -OCH3 is 1. The van der Waals surface area contributed by atoms with Crippen molar-refractivity contribution in [3.05, 3.63) is 59.7 Å². The number of aromatic nitrogens is 4. The van der Waals surface area contributed by atoms with E-state index in [-0.39, 0.29) is 11.9 Å². The Morgan fingerprint density at radius 3 is 2.25 bits per heavy atom. The Morgan fingerprint density at radius 2 is 1.69 bits per heavy atom.